The smallest absolute Gasteiger partial charge is 0.0417 e. The lowest BCUT2D eigenvalue weighted by molar-refractivity contribution is 0.394. The molecule has 0 fully saturated rings. The Balaban J connectivity index is 3.32. The zero-order valence-corrected chi connectivity index (χ0v) is 17.9. The van der Waals surface area contributed by atoms with Gasteiger partial charge < -0.3 is 0 Å². The lowest BCUT2D eigenvalue weighted by Gasteiger charge is -2.14. The van der Waals surface area contributed by atoms with E-state index in [1.165, 1.54) is 116 Å². The van der Waals surface area contributed by atoms with Crippen LogP contribution < -0.4 is 0 Å². The van der Waals surface area contributed by atoms with Gasteiger partial charge in [-0.3, -0.25) is 0 Å². The largest absolute Gasteiger partial charge is 0.0654 e. The van der Waals surface area contributed by atoms with Crippen molar-refractivity contribution in [3.05, 3.63) is 0 Å². The lowest BCUT2D eigenvalue weighted by atomic mass is 9.92. The molecular formula is C24H50. The molecule has 24 heavy (non-hydrogen) atoms. The molecule has 0 aromatic rings. The fraction of sp³-hybridized carbons (Fsp3) is 1.00. The third-order valence-corrected chi connectivity index (χ3v) is 6.06. The third kappa shape index (κ3) is 15.5. The van der Waals surface area contributed by atoms with Crippen LogP contribution in [-0.4, -0.2) is 0 Å². The number of hydrogen-bond acceptors (Lipinski definition) is 0. The SMILES string of the molecule is CCCCC(CC)CCCCCCCCCCC(CC)CCCC. The molecule has 0 bridgehead atoms. The summed E-state index contributed by atoms with van der Waals surface area (Å²) in [5, 5.41) is 0. The zero-order chi connectivity index (χ0) is 17.9. The minimum Gasteiger partial charge on any atom is -0.0654 e. The summed E-state index contributed by atoms with van der Waals surface area (Å²) in [5.74, 6) is 2.04. The van der Waals surface area contributed by atoms with Crippen molar-refractivity contribution in [3.8, 4) is 0 Å². The van der Waals surface area contributed by atoms with Crippen LogP contribution in [0.5, 0.6) is 0 Å². The molecule has 0 heteroatoms. The first-order valence-corrected chi connectivity index (χ1v) is 11.8. The van der Waals surface area contributed by atoms with E-state index in [0.29, 0.717) is 0 Å². The summed E-state index contributed by atoms with van der Waals surface area (Å²) in [4.78, 5) is 0. The summed E-state index contributed by atoms with van der Waals surface area (Å²) >= 11 is 0. The number of unbranched alkanes of at least 4 members (excludes halogenated alkanes) is 9. The molecule has 2 unspecified atom stereocenters. The molecule has 0 aliphatic rings. The van der Waals surface area contributed by atoms with Crippen molar-refractivity contribution in [3.63, 3.8) is 0 Å². The van der Waals surface area contributed by atoms with Crippen LogP contribution in [0.25, 0.3) is 0 Å². The van der Waals surface area contributed by atoms with Crippen molar-refractivity contribution in [1.82, 2.24) is 0 Å². The van der Waals surface area contributed by atoms with Crippen LogP contribution in [0, 0.1) is 11.8 Å². The second-order valence-electron chi connectivity index (χ2n) is 8.24. The van der Waals surface area contributed by atoms with Gasteiger partial charge in [0, 0.05) is 0 Å². The van der Waals surface area contributed by atoms with Gasteiger partial charge in [-0.15, -0.1) is 0 Å². The maximum absolute atomic E-state index is 2.38. The quantitative estimate of drug-likeness (QED) is 0.206. The molecule has 2 atom stereocenters. The minimum atomic E-state index is 1.02. The summed E-state index contributed by atoms with van der Waals surface area (Å²) in [7, 11) is 0. The van der Waals surface area contributed by atoms with E-state index in [2.05, 4.69) is 27.7 Å². The van der Waals surface area contributed by atoms with Crippen LogP contribution in [0.4, 0.5) is 0 Å². The molecule has 0 saturated heterocycles. The Hall–Kier alpha value is 0. The number of hydrogen-bond donors (Lipinski definition) is 0. The fourth-order valence-corrected chi connectivity index (χ4v) is 4.02. The van der Waals surface area contributed by atoms with Gasteiger partial charge in [0.2, 0.25) is 0 Å². The van der Waals surface area contributed by atoms with Crippen molar-refractivity contribution < 1.29 is 0 Å². The topological polar surface area (TPSA) is 0 Å². The monoisotopic (exact) mass is 338 g/mol. The van der Waals surface area contributed by atoms with Crippen molar-refractivity contribution in [2.24, 2.45) is 11.8 Å². The number of rotatable bonds is 19. The van der Waals surface area contributed by atoms with E-state index >= 15 is 0 Å². The molecule has 146 valence electrons. The summed E-state index contributed by atoms with van der Waals surface area (Å²) in [6.07, 6.45) is 26.2. The van der Waals surface area contributed by atoms with Gasteiger partial charge in [0.05, 0.1) is 0 Å². The predicted molar refractivity (Wildman–Crippen MR) is 113 cm³/mol. The molecule has 0 aromatic carbocycles. The van der Waals surface area contributed by atoms with Gasteiger partial charge in [-0.1, -0.05) is 143 Å². The summed E-state index contributed by atoms with van der Waals surface area (Å²) < 4.78 is 0. The average Bonchev–Trinajstić information content (AvgIpc) is 2.61. The van der Waals surface area contributed by atoms with Gasteiger partial charge in [0.15, 0.2) is 0 Å². The molecule has 0 amide bonds. The van der Waals surface area contributed by atoms with Gasteiger partial charge in [0.1, 0.15) is 0 Å². The molecule has 0 radical (unpaired) electrons. The van der Waals surface area contributed by atoms with Crippen LogP contribution in [0.1, 0.15) is 143 Å². The second-order valence-corrected chi connectivity index (χ2v) is 8.24. The third-order valence-electron chi connectivity index (χ3n) is 6.06. The minimum absolute atomic E-state index is 1.02. The van der Waals surface area contributed by atoms with Crippen molar-refractivity contribution in [2.45, 2.75) is 143 Å². The highest BCUT2D eigenvalue weighted by Crippen LogP contribution is 2.22. The Bertz CT molecular complexity index is 196. The Morgan fingerprint density at radius 1 is 0.375 bits per heavy atom. The molecule has 0 N–H and O–H groups in total. The highest BCUT2D eigenvalue weighted by molar-refractivity contribution is 4.59. The molecule has 0 aromatic heterocycles. The Morgan fingerprint density at radius 2 is 0.667 bits per heavy atom. The van der Waals surface area contributed by atoms with Crippen LogP contribution >= 0.6 is 0 Å². The molecule has 0 nitrogen and oxygen atoms in total. The van der Waals surface area contributed by atoms with Crippen LogP contribution in [-0.2, 0) is 0 Å². The average molecular weight is 339 g/mol. The van der Waals surface area contributed by atoms with Crippen molar-refractivity contribution in [1.29, 1.82) is 0 Å². The molecule has 0 heterocycles. The zero-order valence-electron chi connectivity index (χ0n) is 17.9. The van der Waals surface area contributed by atoms with E-state index in [1.54, 1.807) is 0 Å². The van der Waals surface area contributed by atoms with Gasteiger partial charge >= 0.3 is 0 Å². The Morgan fingerprint density at radius 3 is 0.958 bits per heavy atom. The van der Waals surface area contributed by atoms with E-state index in [9.17, 15) is 0 Å². The maximum Gasteiger partial charge on any atom is -0.0417 e. The van der Waals surface area contributed by atoms with Gasteiger partial charge in [0.25, 0.3) is 0 Å². The second kappa shape index (κ2) is 19.3. The van der Waals surface area contributed by atoms with Crippen LogP contribution in [0.2, 0.25) is 0 Å². The van der Waals surface area contributed by atoms with Gasteiger partial charge in [-0.05, 0) is 11.8 Å². The summed E-state index contributed by atoms with van der Waals surface area (Å²) in [5.41, 5.74) is 0. The highest BCUT2D eigenvalue weighted by atomic mass is 14.1. The maximum atomic E-state index is 2.38. The van der Waals surface area contributed by atoms with E-state index in [-0.39, 0.29) is 0 Å². The molecule has 0 rings (SSSR count). The Kier molecular flexibility index (Phi) is 19.3. The van der Waals surface area contributed by atoms with E-state index < -0.39 is 0 Å². The summed E-state index contributed by atoms with van der Waals surface area (Å²) in [6, 6.07) is 0. The molecule has 0 aliphatic heterocycles. The summed E-state index contributed by atoms with van der Waals surface area (Å²) in [6.45, 7) is 9.40. The van der Waals surface area contributed by atoms with E-state index in [0.717, 1.165) is 11.8 Å². The normalized spacial score (nSPS) is 14.0. The molecular weight excluding hydrogens is 288 g/mol. The highest BCUT2D eigenvalue weighted by Gasteiger charge is 2.06. The van der Waals surface area contributed by atoms with Gasteiger partial charge in [-0.25, -0.2) is 0 Å². The standard InChI is InChI=1S/C24H50/c1-5-9-19-23(7-3)21-17-15-13-11-12-14-16-18-22-24(8-4)20-10-6-2/h23-24H,5-22H2,1-4H3. The molecule has 0 aliphatic carbocycles. The molecule has 0 spiro atoms. The van der Waals surface area contributed by atoms with E-state index in [4.69, 9.17) is 0 Å². The first-order chi connectivity index (χ1) is 11.8. The van der Waals surface area contributed by atoms with E-state index in [1.807, 2.05) is 0 Å². The van der Waals surface area contributed by atoms with Crippen LogP contribution in [0.15, 0.2) is 0 Å². The van der Waals surface area contributed by atoms with Crippen LogP contribution in [0.3, 0.4) is 0 Å². The first kappa shape index (κ1) is 24.0. The van der Waals surface area contributed by atoms with Crippen molar-refractivity contribution in [2.75, 3.05) is 0 Å². The fourth-order valence-electron chi connectivity index (χ4n) is 4.02. The van der Waals surface area contributed by atoms with Crippen molar-refractivity contribution >= 4 is 0 Å². The first-order valence-electron chi connectivity index (χ1n) is 11.8. The molecule has 0 saturated carbocycles. The Labute approximate surface area is 155 Å². The lowest BCUT2D eigenvalue weighted by Crippen LogP contribution is -1.99. The van der Waals surface area contributed by atoms with Gasteiger partial charge in [-0.2, -0.15) is 0 Å². The predicted octanol–water partition coefficient (Wildman–Crippen LogP) is 9.32.